The quantitative estimate of drug-likeness (QED) is 0.598. The molecule has 82 valence electrons. The Hall–Kier alpha value is -2.42. The molecule has 1 rings (SSSR count). The van der Waals surface area contributed by atoms with Crippen LogP contribution >= 0.6 is 0 Å². The zero-order valence-electron chi connectivity index (χ0n) is 8.56. The summed E-state index contributed by atoms with van der Waals surface area (Å²) >= 11 is 0. The predicted molar refractivity (Wildman–Crippen MR) is 55.4 cm³/mol. The molecule has 0 fully saturated rings. The van der Waals surface area contributed by atoms with Gasteiger partial charge in [0.05, 0.1) is 23.0 Å². The van der Waals surface area contributed by atoms with Gasteiger partial charge in [-0.1, -0.05) is 0 Å². The monoisotopic (exact) mass is 219 g/mol. The summed E-state index contributed by atoms with van der Waals surface area (Å²) in [6, 6.07) is 4.47. The first kappa shape index (κ1) is 11.7. The van der Waals surface area contributed by atoms with Crippen molar-refractivity contribution in [3.8, 4) is 6.07 Å². The van der Waals surface area contributed by atoms with Gasteiger partial charge in [0.2, 0.25) is 5.91 Å². The van der Waals surface area contributed by atoms with Crippen molar-refractivity contribution in [2.24, 2.45) is 5.73 Å². The molecule has 0 aromatic heterocycles. The number of amides is 1. The molecule has 0 aliphatic carbocycles. The molecule has 0 radical (unpaired) electrons. The van der Waals surface area contributed by atoms with Crippen LogP contribution in [0, 0.1) is 28.4 Å². The Kier molecular flexibility index (Phi) is 3.20. The number of nitriles is 1. The van der Waals surface area contributed by atoms with Crippen LogP contribution in [0.4, 0.5) is 5.69 Å². The summed E-state index contributed by atoms with van der Waals surface area (Å²) in [5.74, 6) is -0.665. The standard InChI is InChI=1S/C10H9N3O3/c1-6-7(5-11)2-3-9(13(15)16)8(6)4-10(12)14/h2-3H,4H2,1H3,(H2,12,14). The molecule has 6 heteroatoms. The minimum atomic E-state index is -0.665. The maximum atomic E-state index is 10.8. The van der Waals surface area contributed by atoms with Crippen LogP contribution in [0.5, 0.6) is 0 Å². The van der Waals surface area contributed by atoms with Gasteiger partial charge in [0.25, 0.3) is 5.69 Å². The third-order valence-corrected chi connectivity index (χ3v) is 2.24. The van der Waals surface area contributed by atoms with Gasteiger partial charge >= 0.3 is 0 Å². The number of carbonyl (C=O) groups excluding carboxylic acids is 1. The van der Waals surface area contributed by atoms with Gasteiger partial charge in [0, 0.05) is 11.6 Å². The number of rotatable bonds is 3. The van der Waals surface area contributed by atoms with Crippen molar-refractivity contribution in [2.75, 3.05) is 0 Å². The Morgan fingerprint density at radius 1 is 1.62 bits per heavy atom. The van der Waals surface area contributed by atoms with Gasteiger partial charge in [0.1, 0.15) is 0 Å². The SMILES string of the molecule is Cc1c(C#N)ccc([N+](=O)[O-])c1CC(N)=O. The van der Waals surface area contributed by atoms with E-state index in [1.54, 1.807) is 6.92 Å². The molecule has 0 aliphatic rings. The topological polar surface area (TPSA) is 110 Å². The first-order valence-electron chi connectivity index (χ1n) is 4.42. The number of carbonyl (C=O) groups is 1. The molecule has 0 unspecified atom stereocenters. The second-order valence-electron chi connectivity index (χ2n) is 3.25. The Bertz CT molecular complexity index is 503. The zero-order valence-corrected chi connectivity index (χ0v) is 8.56. The molecule has 1 aromatic carbocycles. The van der Waals surface area contributed by atoms with Crippen LogP contribution in [-0.2, 0) is 11.2 Å². The van der Waals surface area contributed by atoms with Gasteiger partial charge < -0.3 is 5.73 Å². The van der Waals surface area contributed by atoms with E-state index in [4.69, 9.17) is 11.0 Å². The second-order valence-corrected chi connectivity index (χ2v) is 3.25. The molecule has 0 spiro atoms. The average Bonchev–Trinajstić information content (AvgIpc) is 2.19. The molecule has 0 aliphatic heterocycles. The smallest absolute Gasteiger partial charge is 0.273 e. The lowest BCUT2D eigenvalue weighted by Gasteiger charge is -2.06. The lowest BCUT2D eigenvalue weighted by atomic mass is 9.98. The number of hydrogen-bond acceptors (Lipinski definition) is 4. The molecular formula is C10H9N3O3. The second kappa shape index (κ2) is 4.40. The average molecular weight is 219 g/mol. The van der Waals surface area contributed by atoms with Crippen LogP contribution < -0.4 is 5.73 Å². The molecule has 6 nitrogen and oxygen atoms in total. The number of benzene rings is 1. The first-order valence-corrected chi connectivity index (χ1v) is 4.42. The van der Waals surface area contributed by atoms with Crippen LogP contribution in [0.15, 0.2) is 12.1 Å². The Labute approximate surface area is 91.4 Å². The van der Waals surface area contributed by atoms with Crippen molar-refractivity contribution in [2.45, 2.75) is 13.3 Å². The predicted octanol–water partition coefficient (Wildman–Crippen LogP) is 0.803. The number of hydrogen-bond donors (Lipinski definition) is 1. The molecule has 0 heterocycles. The minimum absolute atomic E-state index is 0.185. The fourth-order valence-electron chi connectivity index (χ4n) is 1.43. The summed E-state index contributed by atoms with van der Waals surface area (Å²) in [6.07, 6.45) is -0.238. The number of nitro benzene ring substituents is 1. The number of primary amides is 1. The van der Waals surface area contributed by atoms with E-state index in [1.807, 2.05) is 6.07 Å². The van der Waals surface area contributed by atoms with E-state index in [0.29, 0.717) is 11.1 Å². The Morgan fingerprint density at radius 2 is 2.25 bits per heavy atom. The van der Waals surface area contributed by atoms with Gasteiger partial charge in [-0.05, 0) is 18.6 Å². The van der Waals surface area contributed by atoms with Crippen LogP contribution in [0.1, 0.15) is 16.7 Å². The van der Waals surface area contributed by atoms with Gasteiger partial charge in [-0.25, -0.2) is 0 Å². The Morgan fingerprint density at radius 3 is 2.69 bits per heavy atom. The highest BCUT2D eigenvalue weighted by Gasteiger charge is 2.19. The van der Waals surface area contributed by atoms with Gasteiger partial charge in [-0.3, -0.25) is 14.9 Å². The molecule has 1 aromatic rings. The summed E-state index contributed by atoms with van der Waals surface area (Å²) in [5.41, 5.74) is 5.76. The maximum absolute atomic E-state index is 10.8. The summed E-state index contributed by atoms with van der Waals surface area (Å²) in [4.78, 5) is 20.9. The van der Waals surface area contributed by atoms with Gasteiger partial charge in [-0.2, -0.15) is 5.26 Å². The van der Waals surface area contributed by atoms with E-state index >= 15 is 0 Å². The highest BCUT2D eigenvalue weighted by Crippen LogP contribution is 2.25. The van der Waals surface area contributed by atoms with Crippen molar-refractivity contribution in [1.82, 2.24) is 0 Å². The zero-order chi connectivity index (χ0) is 12.3. The minimum Gasteiger partial charge on any atom is -0.369 e. The van der Waals surface area contributed by atoms with Crippen LogP contribution in [0.3, 0.4) is 0 Å². The molecule has 0 atom stereocenters. The van der Waals surface area contributed by atoms with Crippen molar-refractivity contribution in [1.29, 1.82) is 5.26 Å². The lowest BCUT2D eigenvalue weighted by Crippen LogP contribution is -2.16. The van der Waals surface area contributed by atoms with Crippen molar-refractivity contribution in [3.05, 3.63) is 38.9 Å². The third-order valence-electron chi connectivity index (χ3n) is 2.24. The van der Waals surface area contributed by atoms with Crippen molar-refractivity contribution >= 4 is 11.6 Å². The van der Waals surface area contributed by atoms with Crippen LogP contribution in [-0.4, -0.2) is 10.8 Å². The lowest BCUT2D eigenvalue weighted by molar-refractivity contribution is -0.385. The molecule has 2 N–H and O–H groups in total. The molecular weight excluding hydrogens is 210 g/mol. The van der Waals surface area contributed by atoms with E-state index in [-0.39, 0.29) is 17.7 Å². The van der Waals surface area contributed by atoms with E-state index in [2.05, 4.69) is 0 Å². The maximum Gasteiger partial charge on any atom is 0.273 e. The van der Waals surface area contributed by atoms with Crippen molar-refractivity contribution < 1.29 is 9.72 Å². The fraction of sp³-hybridized carbons (Fsp3) is 0.200. The molecule has 16 heavy (non-hydrogen) atoms. The first-order chi connectivity index (χ1) is 7.47. The summed E-state index contributed by atoms with van der Waals surface area (Å²) in [6.45, 7) is 1.56. The van der Waals surface area contributed by atoms with E-state index in [1.165, 1.54) is 12.1 Å². The normalized spacial score (nSPS) is 9.50. The fourth-order valence-corrected chi connectivity index (χ4v) is 1.43. The summed E-state index contributed by atoms with van der Waals surface area (Å²) in [7, 11) is 0. The van der Waals surface area contributed by atoms with Gasteiger partial charge in [-0.15, -0.1) is 0 Å². The van der Waals surface area contributed by atoms with Crippen LogP contribution in [0.25, 0.3) is 0 Å². The molecule has 0 saturated carbocycles. The molecule has 0 saturated heterocycles. The van der Waals surface area contributed by atoms with E-state index in [9.17, 15) is 14.9 Å². The number of nitro groups is 1. The highest BCUT2D eigenvalue weighted by atomic mass is 16.6. The highest BCUT2D eigenvalue weighted by molar-refractivity contribution is 5.79. The largest absolute Gasteiger partial charge is 0.369 e. The third kappa shape index (κ3) is 2.15. The molecule has 1 amide bonds. The number of nitrogens with two attached hydrogens (primary N) is 1. The van der Waals surface area contributed by atoms with E-state index in [0.717, 1.165) is 0 Å². The van der Waals surface area contributed by atoms with Crippen molar-refractivity contribution in [3.63, 3.8) is 0 Å². The summed E-state index contributed by atoms with van der Waals surface area (Å²) in [5, 5.41) is 19.5. The Balaban J connectivity index is 3.43. The van der Waals surface area contributed by atoms with Gasteiger partial charge in [0.15, 0.2) is 0 Å². The van der Waals surface area contributed by atoms with Crippen LogP contribution in [0.2, 0.25) is 0 Å². The van der Waals surface area contributed by atoms with E-state index < -0.39 is 10.8 Å². The molecule has 0 bridgehead atoms. The number of nitrogens with zero attached hydrogens (tertiary/aromatic N) is 2. The summed E-state index contributed by atoms with van der Waals surface area (Å²) < 4.78 is 0.